The lowest BCUT2D eigenvalue weighted by atomic mass is 9.96. The summed E-state index contributed by atoms with van der Waals surface area (Å²) < 4.78 is 54.8. The molecule has 3 fully saturated rings. The first-order valence-corrected chi connectivity index (χ1v) is 10.7. The number of nitrogens with one attached hydrogen (secondary N) is 3. The van der Waals surface area contributed by atoms with Crippen molar-refractivity contribution in [1.29, 1.82) is 0 Å². The predicted octanol–water partition coefficient (Wildman–Crippen LogP) is 3.42. The molecule has 4 atom stereocenters. The first-order valence-electron chi connectivity index (χ1n) is 10.7. The molecule has 11 heteroatoms. The summed E-state index contributed by atoms with van der Waals surface area (Å²) in [5.41, 5.74) is -0.577. The number of urea groups is 1. The number of amides is 3. The van der Waals surface area contributed by atoms with E-state index in [-0.39, 0.29) is 24.9 Å². The lowest BCUT2D eigenvalue weighted by molar-refractivity contribution is -0.137. The van der Waals surface area contributed by atoms with Gasteiger partial charge in [0.25, 0.3) is 0 Å². The zero-order chi connectivity index (χ0) is 22.7. The van der Waals surface area contributed by atoms with E-state index in [1.807, 2.05) is 0 Å². The molecular formula is C21H26F3N3O5. The fourth-order valence-corrected chi connectivity index (χ4v) is 4.35. The molecule has 32 heavy (non-hydrogen) atoms. The van der Waals surface area contributed by atoms with Crippen LogP contribution in [-0.4, -0.2) is 55.7 Å². The second-order valence-electron chi connectivity index (χ2n) is 8.30. The predicted molar refractivity (Wildman–Crippen MR) is 107 cm³/mol. The number of halogens is 3. The van der Waals surface area contributed by atoms with Gasteiger partial charge < -0.3 is 30.2 Å². The van der Waals surface area contributed by atoms with Gasteiger partial charge in [0, 0.05) is 11.7 Å². The number of rotatable bonds is 4. The summed E-state index contributed by atoms with van der Waals surface area (Å²) in [7, 11) is 0. The molecule has 0 aromatic heterocycles. The molecule has 0 radical (unpaired) electrons. The number of fused-ring (bicyclic) bond motifs is 1. The molecule has 0 spiro atoms. The summed E-state index contributed by atoms with van der Waals surface area (Å²) in [5, 5.41) is 8.08. The van der Waals surface area contributed by atoms with Crippen LogP contribution < -0.4 is 16.0 Å². The Labute approximate surface area is 183 Å². The Kier molecular flexibility index (Phi) is 6.75. The molecule has 3 aliphatic rings. The highest BCUT2D eigenvalue weighted by Crippen LogP contribution is 2.31. The highest BCUT2D eigenvalue weighted by Gasteiger charge is 2.50. The van der Waals surface area contributed by atoms with Gasteiger partial charge in [-0.1, -0.05) is 19.3 Å². The van der Waals surface area contributed by atoms with Crippen LogP contribution in [0.5, 0.6) is 0 Å². The minimum atomic E-state index is -4.44. The zero-order valence-corrected chi connectivity index (χ0v) is 17.3. The number of alkyl carbamates (subject to hydrolysis) is 1. The maximum Gasteiger partial charge on any atom is 0.416 e. The maximum absolute atomic E-state index is 12.6. The minimum absolute atomic E-state index is 0.127. The van der Waals surface area contributed by atoms with E-state index in [9.17, 15) is 22.8 Å². The number of hydrogen-bond donors (Lipinski definition) is 3. The third-order valence-electron chi connectivity index (χ3n) is 5.98. The zero-order valence-electron chi connectivity index (χ0n) is 17.3. The molecule has 176 valence electrons. The summed E-state index contributed by atoms with van der Waals surface area (Å²) >= 11 is 0. The van der Waals surface area contributed by atoms with Crippen LogP contribution in [0.2, 0.25) is 0 Å². The topological polar surface area (TPSA) is 97.9 Å². The number of anilines is 1. The van der Waals surface area contributed by atoms with E-state index in [4.69, 9.17) is 14.2 Å². The van der Waals surface area contributed by atoms with E-state index < -0.39 is 48.2 Å². The molecule has 3 N–H and O–H groups in total. The largest absolute Gasteiger partial charge is 0.441 e. The monoisotopic (exact) mass is 457 g/mol. The van der Waals surface area contributed by atoms with Crippen molar-refractivity contribution < 1.29 is 37.0 Å². The van der Waals surface area contributed by atoms with Crippen LogP contribution in [0.1, 0.15) is 37.7 Å². The Morgan fingerprint density at radius 1 is 0.938 bits per heavy atom. The number of carbonyl (C=O) groups excluding carboxylic acids is 2. The maximum atomic E-state index is 12.6. The fraction of sp³-hybridized carbons (Fsp3) is 0.619. The Bertz CT molecular complexity index is 814. The van der Waals surface area contributed by atoms with E-state index in [1.54, 1.807) is 0 Å². The van der Waals surface area contributed by atoms with Crippen molar-refractivity contribution in [3.63, 3.8) is 0 Å². The first kappa shape index (κ1) is 22.7. The van der Waals surface area contributed by atoms with Crippen molar-refractivity contribution in [2.24, 2.45) is 0 Å². The molecule has 2 saturated heterocycles. The van der Waals surface area contributed by atoms with Crippen molar-refractivity contribution in [1.82, 2.24) is 10.6 Å². The quantitative estimate of drug-likeness (QED) is 0.644. The Morgan fingerprint density at radius 2 is 1.62 bits per heavy atom. The van der Waals surface area contributed by atoms with Gasteiger partial charge in [0.1, 0.15) is 12.2 Å². The van der Waals surface area contributed by atoms with Crippen LogP contribution in [0.25, 0.3) is 0 Å². The molecular weight excluding hydrogens is 431 g/mol. The molecule has 1 aromatic rings. The molecule has 2 aliphatic heterocycles. The van der Waals surface area contributed by atoms with Gasteiger partial charge in [-0.15, -0.1) is 0 Å². The summed E-state index contributed by atoms with van der Waals surface area (Å²) in [6, 6.07) is 3.19. The third-order valence-corrected chi connectivity index (χ3v) is 5.98. The molecule has 3 amide bonds. The Morgan fingerprint density at radius 3 is 2.31 bits per heavy atom. The van der Waals surface area contributed by atoms with Gasteiger partial charge in [0.05, 0.1) is 24.8 Å². The number of hydrogen-bond acceptors (Lipinski definition) is 5. The van der Waals surface area contributed by atoms with Crippen molar-refractivity contribution in [3.05, 3.63) is 29.8 Å². The van der Waals surface area contributed by atoms with Crippen molar-refractivity contribution in [3.8, 4) is 0 Å². The molecule has 1 saturated carbocycles. The molecule has 0 unspecified atom stereocenters. The van der Waals surface area contributed by atoms with Gasteiger partial charge in [0.2, 0.25) is 0 Å². The van der Waals surface area contributed by atoms with Gasteiger partial charge in [-0.25, -0.2) is 9.59 Å². The average molecular weight is 457 g/mol. The van der Waals surface area contributed by atoms with E-state index >= 15 is 0 Å². The number of carbonyl (C=O) groups is 2. The summed E-state index contributed by atoms with van der Waals surface area (Å²) in [4.78, 5) is 24.5. The SMILES string of the molecule is O=C(Nc1ccc(C(F)(F)F)cc1)N[C@H]1CO[C@H]2[C@@H]1OC[C@H]2OC(=O)NC1CCCCC1. The van der Waals surface area contributed by atoms with Crippen LogP contribution in [0.4, 0.5) is 28.4 Å². The third kappa shape index (κ3) is 5.44. The standard InChI is InChI=1S/C21H26F3N3O5/c22-21(23,24)12-6-8-14(9-7-12)25-19(28)27-15-10-30-18-16(11-31-17(15)18)32-20(29)26-13-4-2-1-3-5-13/h6-9,13,15-18H,1-5,10-11H2,(H,26,29)(H2,25,27,28)/t15-,16+,17+,18+/m0/s1. The molecule has 1 aromatic carbocycles. The van der Waals surface area contributed by atoms with Gasteiger partial charge in [-0.05, 0) is 37.1 Å². The second kappa shape index (κ2) is 9.53. The highest BCUT2D eigenvalue weighted by molar-refractivity contribution is 5.89. The normalized spacial score (nSPS) is 28.1. The Hall–Kier alpha value is -2.53. The lowest BCUT2D eigenvalue weighted by Crippen LogP contribution is -2.46. The van der Waals surface area contributed by atoms with Crippen LogP contribution in [0.15, 0.2) is 24.3 Å². The molecule has 0 bridgehead atoms. The van der Waals surface area contributed by atoms with Crippen molar-refractivity contribution >= 4 is 17.8 Å². The minimum Gasteiger partial charge on any atom is -0.441 e. The van der Waals surface area contributed by atoms with E-state index in [0.29, 0.717) is 0 Å². The number of ether oxygens (including phenoxy) is 3. The van der Waals surface area contributed by atoms with Crippen molar-refractivity contribution in [2.75, 3.05) is 18.5 Å². The summed E-state index contributed by atoms with van der Waals surface area (Å²) in [6.45, 7) is 0.325. The molecule has 1 aliphatic carbocycles. The fourth-order valence-electron chi connectivity index (χ4n) is 4.35. The Balaban J connectivity index is 1.24. The van der Waals surface area contributed by atoms with Crippen LogP contribution in [0, 0.1) is 0 Å². The average Bonchev–Trinajstić information content (AvgIpc) is 3.32. The highest BCUT2D eigenvalue weighted by atomic mass is 19.4. The van der Waals surface area contributed by atoms with Crippen molar-refractivity contribution in [2.45, 2.75) is 68.7 Å². The van der Waals surface area contributed by atoms with Gasteiger partial charge in [-0.2, -0.15) is 13.2 Å². The van der Waals surface area contributed by atoms with Crippen LogP contribution in [0.3, 0.4) is 0 Å². The van der Waals surface area contributed by atoms with Crippen LogP contribution >= 0.6 is 0 Å². The summed E-state index contributed by atoms with van der Waals surface area (Å²) in [6.07, 6.45) is -1.24. The van der Waals surface area contributed by atoms with Gasteiger partial charge in [0.15, 0.2) is 6.10 Å². The number of benzene rings is 1. The molecule has 8 nitrogen and oxygen atoms in total. The second-order valence-corrected chi connectivity index (χ2v) is 8.30. The van der Waals surface area contributed by atoms with E-state index in [1.165, 1.54) is 18.6 Å². The molecule has 4 rings (SSSR count). The molecule has 2 heterocycles. The van der Waals surface area contributed by atoms with E-state index in [2.05, 4.69) is 16.0 Å². The van der Waals surface area contributed by atoms with Crippen LogP contribution in [-0.2, 0) is 20.4 Å². The van der Waals surface area contributed by atoms with E-state index in [0.717, 1.165) is 37.8 Å². The lowest BCUT2D eigenvalue weighted by Gasteiger charge is -2.24. The van der Waals surface area contributed by atoms with Gasteiger partial charge >= 0.3 is 18.3 Å². The smallest absolute Gasteiger partial charge is 0.416 e. The van der Waals surface area contributed by atoms with Gasteiger partial charge in [-0.3, -0.25) is 0 Å². The first-order chi connectivity index (χ1) is 15.3. The summed E-state index contributed by atoms with van der Waals surface area (Å²) in [5.74, 6) is 0. The number of alkyl halides is 3.